The van der Waals surface area contributed by atoms with Crippen molar-refractivity contribution in [1.29, 1.82) is 0 Å². The number of rotatable bonds is 8. The number of hydrogen-bond donors (Lipinski definition) is 1. The third-order valence-corrected chi connectivity index (χ3v) is 2.45. The molecule has 0 aliphatic heterocycles. The number of aliphatic carboxylic acids is 1. The average molecular weight is 285 g/mol. The highest BCUT2D eigenvalue weighted by molar-refractivity contribution is 5.82. The summed E-state index contributed by atoms with van der Waals surface area (Å²) in [5.41, 5.74) is 0. The fourth-order valence-corrected chi connectivity index (χ4v) is 1.41. The van der Waals surface area contributed by atoms with E-state index in [1.165, 1.54) is 4.90 Å². The molecule has 0 atom stereocenters. The average Bonchev–Trinajstić information content (AvgIpc) is 2.76. The van der Waals surface area contributed by atoms with E-state index in [9.17, 15) is 9.59 Å². The predicted octanol–water partition coefficient (Wildman–Crippen LogP) is -0.163. The molecule has 8 nitrogen and oxygen atoms in total. The van der Waals surface area contributed by atoms with Crippen molar-refractivity contribution in [3.63, 3.8) is 0 Å². The highest BCUT2D eigenvalue weighted by Gasteiger charge is 2.18. The molecule has 20 heavy (non-hydrogen) atoms. The van der Waals surface area contributed by atoms with Gasteiger partial charge >= 0.3 is 5.97 Å². The summed E-state index contributed by atoms with van der Waals surface area (Å²) in [7, 11) is 3.69. The van der Waals surface area contributed by atoms with Crippen molar-refractivity contribution in [3.8, 4) is 5.88 Å². The van der Waals surface area contributed by atoms with Crippen molar-refractivity contribution < 1.29 is 24.0 Å². The van der Waals surface area contributed by atoms with Crippen LogP contribution in [0, 0.1) is 6.92 Å². The number of carboxylic acids is 1. The van der Waals surface area contributed by atoms with Gasteiger partial charge in [-0.1, -0.05) is 0 Å². The number of carbonyl (C=O) groups excluding carboxylic acids is 1. The van der Waals surface area contributed by atoms with Crippen molar-refractivity contribution in [2.24, 2.45) is 0 Å². The summed E-state index contributed by atoms with van der Waals surface area (Å²) >= 11 is 0. The summed E-state index contributed by atoms with van der Waals surface area (Å²) in [5.74, 6) is -0.689. The second-order valence-corrected chi connectivity index (χ2v) is 4.58. The number of hydrogen-bond acceptors (Lipinski definition) is 6. The molecule has 0 saturated heterocycles. The molecule has 1 heterocycles. The summed E-state index contributed by atoms with van der Waals surface area (Å²) in [6.45, 7) is 1.97. The van der Waals surface area contributed by atoms with Gasteiger partial charge in [0.25, 0.3) is 11.8 Å². The van der Waals surface area contributed by atoms with Crippen molar-refractivity contribution in [2.75, 3.05) is 40.3 Å². The number of aromatic nitrogens is 1. The maximum absolute atomic E-state index is 11.9. The minimum absolute atomic E-state index is 0.207. The van der Waals surface area contributed by atoms with Crippen LogP contribution < -0.4 is 4.74 Å². The van der Waals surface area contributed by atoms with Gasteiger partial charge in [-0.3, -0.25) is 9.59 Å². The van der Waals surface area contributed by atoms with Crippen molar-refractivity contribution >= 4 is 11.9 Å². The minimum atomic E-state index is -1.06. The van der Waals surface area contributed by atoms with Crippen LogP contribution in [0.3, 0.4) is 0 Å². The van der Waals surface area contributed by atoms with Crippen molar-refractivity contribution in [2.45, 2.75) is 6.92 Å². The molecular weight excluding hydrogens is 266 g/mol. The van der Waals surface area contributed by atoms with E-state index in [1.807, 2.05) is 19.0 Å². The highest BCUT2D eigenvalue weighted by atomic mass is 16.5. The van der Waals surface area contributed by atoms with E-state index < -0.39 is 11.9 Å². The molecule has 0 aliphatic rings. The lowest BCUT2D eigenvalue weighted by molar-refractivity contribution is -0.145. The molecule has 0 unspecified atom stereocenters. The Kier molecular flexibility index (Phi) is 5.98. The quantitative estimate of drug-likeness (QED) is 0.708. The smallest absolute Gasteiger partial charge is 0.323 e. The van der Waals surface area contributed by atoms with Gasteiger partial charge in [-0.15, -0.1) is 0 Å². The number of carbonyl (C=O) groups is 2. The zero-order chi connectivity index (χ0) is 15.1. The van der Waals surface area contributed by atoms with Crippen LogP contribution in [0.2, 0.25) is 0 Å². The number of carboxylic acid groups (broad SMARTS) is 1. The number of likely N-dealkylation sites (N-methyl/N-ethyl adjacent to an activating group) is 1. The van der Waals surface area contributed by atoms with Crippen LogP contribution in [-0.4, -0.2) is 72.3 Å². The second kappa shape index (κ2) is 7.49. The first-order valence-corrected chi connectivity index (χ1v) is 6.09. The first kappa shape index (κ1) is 16.0. The topological polar surface area (TPSA) is 96.1 Å². The SMILES string of the molecule is Cc1cc(OCC(=O)N(CCN(C)C)CC(=O)O)no1. The maximum Gasteiger partial charge on any atom is 0.323 e. The first-order valence-electron chi connectivity index (χ1n) is 6.09. The molecule has 8 heteroatoms. The molecule has 0 radical (unpaired) electrons. The summed E-state index contributed by atoms with van der Waals surface area (Å²) in [6.07, 6.45) is 0. The van der Waals surface area contributed by atoms with Gasteiger partial charge < -0.3 is 24.2 Å². The van der Waals surface area contributed by atoms with E-state index in [2.05, 4.69) is 5.16 Å². The molecule has 112 valence electrons. The predicted molar refractivity (Wildman–Crippen MR) is 69.5 cm³/mol. The summed E-state index contributed by atoms with van der Waals surface area (Å²) < 4.78 is 9.96. The Hall–Kier alpha value is -2.09. The number of aryl methyl sites for hydroxylation is 1. The molecule has 0 spiro atoms. The lowest BCUT2D eigenvalue weighted by Gasteiger charge is -2.22. The van der Waals surface area contributed by atoms with Gasteiger partial charge in [-0.25, -0.2) is 0 Å². The molecule has 1 aromatic heterocycles. The van der Waals surface area contributed by atoms with Crippen LogP contribution in [0.15, 0.2) is 10.6 Å². The molecule has 0 bridgehead atoms. The van der Waals surface area contributed by atoms with Gasteiger partial charge in [0.2, 0.25) is 0 Å². The van der Waals surface area contributed by atoms with E-state index >= 15 is 0 Å². The molecule has 1 N–H and O–H groups in total. The van der Waals surface area contributed by atoms with Gasteiger partial charge in [-0.2, -0.15) is 0 Å². The first-order chi connectivity index (χ1) is 9.38. The molecule has 1 amide bonds. The van der Waals surface area contributed by atoms with E-state index in [-0.39, 0.29) is 19.0 Å². The van der Waals surface area contributed by atoms with E-state index in [0.29, 0.717) is 18.8 Å². The molecule has 0 aliphatic carbocycles. The van der Waals surface area contributed by atoms with Gasteiger partial charge in [0.15, 0.2) is 6.61 Å². The Bertz CT molecular complexity index is 458. The Labute approximate surface area is 116 Å². The van der Waals surface area contributed by atoms with E-state index in [1.54, 1.807) is 13.0 Å². The Morgan fingerprint density at radius 2 is 2.10 bits per heavy atom. The molecule has 0 aromatic carbocycles. The monoisotopic (exact) mass is 285 g/mol. The number of amides is 1. The summed E-state index contributed by atoms with van der Waals surface area (Å²) in [5, 5.41) is 12.4. The number of nitrogens with zero attached hydrogens (tertiary/aromatic N) is 3. The molecule has 1 rings (SSSR count). The van der Waals surface area contributed by atoms with E-state index in [4.69, 9.17) is 14.4 Å². The number of ether oxygens (including phenoxy) is 1. The zero-order valence-corrected chi connectivity index (χ0v) is 11.8. The van der Waals surface area contributed by atoms with Gasteiger partial charge in [0.1, 0.15) is 12.3 Å². The normalized spacial score (nSPS) is 10.6. The van der Waals surface area contributed by atoms with Crippen LogP contribution >= 0.6 is 0 Å². The van der Waals surface area contributed by atoms with Crippen LogP contribution in [0.4, 0.5) is 0 Å². The third-order valence-electron chi connectivity index (χ3n) is 2.45. The van der Waals surface area contributed by atoms with Crippen LogP contribution in [0.1, 0.15) is 5.76 Å². The van der Waals surface area contributed by atoms with Crippen LogP contribution in [0.5, 0.6) is 5.88 Å². The molecule has 1 aromatic rings. The lowest BCUT2D eigenvalue weighted by Crippen LogP contribution is -2.42. The molecule has 0 saturated carbocycles. The van der Waals surface area contributed by atoms with Gasteiger partial charge in [0.05, 0.1) is 0 Å². The second-order valence-electron chi connectivity index (χ2n) is 4.58. The maximum atomic E-state index is 11.9. The largest absolute Gasteiger partial charge is 0.480 e. The lowest BCUT2D eigenvalue weighted by atomic mass is 10.4. The van der Waals surface area contributed by atoms with Crippen molar-refractivity contribution in [1.82, 2.24) is 15.0 Å². The summed E-state index contributed by atoms with van der Waals surface area (Å²) in [4.78, 5) is 25.8. The molecular formula is C12H19N3O5. The highest BCUT2D eigenvalue weighted by Crippen LogP contribution is 2.09. The fraction of sp³-hybridized carbons (Fsp3) is 0.583. The summed E-state index contributed by atoms with van der Waals surface area (Å²) in [6, 6.07) is 1.55. The fourth-order valence-electron chi connectivity index (χ4n) is 1.41. The van der Waals surface area contributed by atoms with E-state index in [0.717, 1.165) is 0 Å². The van der Waals surface area contributed by atoms with Crippen LogP contribution in [0.25, 0.3) is 0 Å². The Morgan fingerprint density at radius 1 is 1.40 bits per heavy atom. The third kappa shape index (κ3) is 5.70. The Morgan fingerprint density at radius 3 is 2.60 bits per heavy atom. The van der Waals surface area contributed by atoms with Crippen LogP contribution in [-0.2, 0) is 9.59 Å². The van der Waals surface area contributed by atoms with Crippen molar-refractivity contribution in [3.05, 3.63) is 11.8 Å². The van der Waals surface area contributed by atoms with Gasteiger partial charge in [0, 0.05) is 19.2 Å². The Balaban J connectivity index is 2.51. The zero-order valence-electron chi connectivity index (χ0n) is 11.8. The standard InChI is InChI=1S/C12H19N3O5/c1-9-6-10(13-20-9)19-8-11(16)15(7-12(17)18)5-4-14(2)3/h6H,4-5,7-8H2,1-3H3,(H,17,18). The molecule has 0 fully saturated rings. The minimum Gasteiger partial charge on any atom is -0.480 e. The van der Waals surface area contributed by atoms with Gasteiger partial charge in [-0.05, 0) is 26.2 Å².